The zero-order chi connectivity index (χ0) is 15.0. The summed E-state index contributed by atoms with van der Waals surface area (Å²) in [6.45, 7) is 5.33. The molecule has 4 heteroatoms. The van der Waals surface area contributed by atoms with Gasteiger partial charge in [-0.05, 0) is 39.2 Å². The summed E-state index contributed by atoms with van der Waals surface area (Å²) in [4.78, 5) is 14.5. The molecule has 1 N–H and O–H groups in total. The maximum absolute atomic E-state index is 12.7. The van der Waals surface area contributed by atoms with E-state index in [4.69, 9.17) is 0 Å². The largest absolute Gasteiger partial charge is 0.391 e. The van der Waals surface area contributed by atoms with Gasteiger partial charge in [-0.3, -0.25) is 4.79 Å². The molecular formula is C17H26N2O2. The van der Waals surface area contributed by atoms with E-state index in [1.54, 1.807) is 4.90 Å². The van der Waals surface area contributed by atoms with Crippen LogP contribution in [-0.4, -0.2) is 39.7 Å². The molecule has 0 unspecified atom stereocenters. The molecule has 3 rings (SSSR count). The Morgan fingerprint density at radius 2 is 1.90 bits per heavy atom. The summed E-state index contributed by atoms with van der Waals surface area (Å²) in [6, 6.07) is 2.60. The van der Waals surface area contributed by atoms with Crippen molar-refractivity contribution in [2.24, 2.45) is 0 Å². The molecule has 2 aliphatic rings. The van der Waals surface area contributed by atoms with Gasteiger partial charge in [-0.25, -0.2) is 0 Å². The number of aryl methyl sites for hydroxylation is 1. The molecule has 2 heterocycles. The number of aliphatic hydroxyl groups excluding tert-OH is 1. The second kappa shape index (κ2) is 5.84. The van der Waals surface area contributed by atoms with E-state index in [9.17, 15) is 9.90 Å². The Hall–Kier alpha value is -1.29. The number of aromatic nitrogens is 1. The van der Waals surface area contributed by atoms with Gasteiger partial charge in [0.2, 0.25) is 0 Å². The standard InChI is InChI=1S/C17H26N2O2/c1-12-10-16(17(21)18-9-8-15(20)11-18)13(2)19(12)14-6-4-3-5-7-14/h10,14-15,20H,3-9,11H2,1-2H3/t15-/m1/s1. The van der Waals surface area contributed by atoms with Crippen LogP contribution in [0.3, 0.4) is 0 Å². The van der Waals surface area contributed by atoms with Crippen molar-refractivity contribution in [2.45, 2.75) is 64.5 Å². The smallest absolute Gasteiger partial charge is 0.255 e. The molecule has 2 fully saturated rings. The van der Waals surface area contributed by atoms with Gasteiger partial charge in [0.05, 0.1) is 11.7 Å². The Labute approximate surface area is 126 Å². The molecule has 116 valence electrons. The van der Waals surface area contributed by atoms with Crippen LogP contribution in [0.2, 0.25) is 0 Å². The van der Waals surface area contributed by atoms with Gasteiger partial charge < -0.3 is 14.6 Å². The molecule has 0 radical (unpaired) electrons. The van der Waals surface area contributed by atoms with Crippen LogP contribution < -0.4 is 0 Å². The molecule has 1 aliphatic carbocycles. The maximum Gasteiger partial charge on any atom is 0.255 e. The third-order valence-electron chi connectivity index (χ3n) is 5.11. The number of carbonyl (C=O) groups excluding carboxylic acids is 1. The third-order valence-corrected chi connectivity index (χ3v) is 5.11. The quantitative estimate of drug-likeness (QED) is 0.910. The predicted molar refractivity (Wildman–Crippen MR) is 82.6 cm³/mol. The van der Waals surface area contributed by atoms with Crippen molar-refractivity contribution in [3.8, 4) is 0 Å². The fourth-order valence-electron chi connectivity index (χ4n) is 3.99. The minimum absolute atomic E-state index is 0.0849. The Bertz CT molecular complexity index is 529. The molecular weight excluding hydrogens is 264 g/mol. The molecule has 1 aromatic heterocycles. The summed E-state index contributed by atoms with van der Waals surface area (Å²) in [6.07, 6.45) is 6.74. The van der Waals surface area contributed by atoms with Crippen molar-refractivity contribution in [3.05, 3.63) is 23.0 Å². The average Bonchev–Trinajstić information content (AvgIpc) is 3.03. The maximum atomic E-state index is 12.7. The van der Waals surface area contributed by atoms with Gasteiger partial charge in [0.25, 0.3) is 5.91 Å². The van der Waals surface area contributed by atoms with Gasteiger partial charge in [0, 0.05) is 30.5 Å². The van der Waals surface area contributed by atoms with Gasteiger partial charge in [0.1, 0.15) is 0 Å². The Morgan fingerprint density at radius 3 is 2.52 bits per heavy atom. The summed E-state index contributed by atoms with van der Waals surface area (Å²) < 4.78 is 2.37. The average molecular weight is 290 g/mol. The van der Waals surface area contributed by atoms with Gasteiger partial charge in [-0.2, -0.15) is 0 Å². The molecule has 1 aromatic rings. The summed E-state index contributed by atoms with van der Waals surface area (Å²) in [5, 5.41) is 9.63. The van der Waals surface area contributed by atoms with E-state index in [-0.39, 0.29) is 12.0 Å². The van der Waals surface area contributed by atoms with Crippen molar-refractivity contribution >= 4 is 5.91 Å². The number of rotatable bonds is 2. The first-order valence-corrected chi connectivity index (χ1v) is 8.23. The van der Waals surface area contributed by atoms with E-state index < -0.39 is 0 Å². The minimum atomic E-state index is -0.351. The van der Waals surface area contributed by atoms with Crippen molar-refractivity contribution in [3.63, 3.8) is 0 Å². The second-order valence-corrected chi connectivity index (χ2v) is 6.64. The number of likely N-dealkylation sites (tertiary alicyclic amines) is 1. The molecule has 0 aromatic carbocycles. The summed E-state index contributed by atoms with van der Waals surface area (Å²) in [5.41, 5.74) is 3.13. The number of hydrogen-bond donors (Lipinski definition) is 1. The van der Waals surface area contributed by atoms with Crippen LogP contribution in [-0.2, 0) is 0 Å². The zero-order valence-corrected chi connectivity index (χ0v) is 13.1. The van der Waals surface area contributed by atoms with Crippen LogP contribution in [0.4, 0.5) is 0 Å². The number of carbonyl (C=O) groups is 1. The van der Waals surface area contributed by atoms with Crippen LogP contribution in [0.25, 0.3) is 0 Å². The lowest BCUT2D eigenvalue weighted by Crippen LogP contribution is -2.30. The first kappa shape index (κ1) is 14.6. The fraction of sp³-hybridized carbons (Fsp3) is 0.706. The van der Waals surface area contributed by atoms with Crippen LogP contribution in [0.1, 0.15) is 66.3 Å². The monoisotopic (exact) mass is 290 g/mol. The van der Waals surface area contributed by atoms with E-state index in [0.29, 0.717) is 25.6 Å². The van der Waals surface area contributed by atoms with Crippen molar-refractivity contribution in [2.75, 3.05) is 13.1 Å². The first-order valence-electron chi connectivity index (χ1n) is 8.23. The van der Waals surface area contributed by atoms with Crippen LogP contribution in [0.15, 0.2) is 6.07 Å². The number of hydrogen-bond acceptors (Lipinski definition) is 2. The predicted octanol–water partition coefficient (Wildman–Crippen LogP) is 2.82. The van der Waals surface area contributed by atoms with Gasteiger partial charge in [-0.1, -0.05) is 19.3 Å². The SMILES string of the molecule is Cc1cc(C(=O)N2CC[C@@H](O)C2)c(C)n1C1CCCCC1. The fourth-order valence-corrected chi connectivity index (χ4v) is 3.99. The number of aliphatic hydroxyl groups is 1. The molecule has 1 saturated carbocycles. The topological polar surface area (TPSA) is 45.5 Å². The molecule has 1 saturated heterocycles. The lowest BCUT2D eigenvalue weighted by atomic mass is 9.95. The molecule has 0 spiro atoms. The summed E-state index contributed by atoms with van der Waals surface area (Å²) >= 11 is 0. The molecule has 1 atom stereocenters. The highest BCUT2D eigenvalue weighted by Gasteiger charge is 2.29. The summed E-state index contributed by atoms with van der Waals surface area (Å²) in [7, 11) is 0. The number of amides is 1. The molecule has 4 nitrogen and oxygen atoms in total. The minimum Gasteiger partial charge on any atom is -0.391 e. The number of nitrogens with zero attached hydrogens (tertiary/aromatic N) is 2. The van der Waals surface area contributed by atoms with Crippen LogP contribution in [0, 0.1) is 13.8 Å². The van der Waals surface area contributed by atoms with E-state index >= 15 is 0 Å². The molecule has 1 amide bonds. The van der Waals surface area contributed by atoms with Crippen molar-refractivity contribution < 1.29 is 9.90 Å². The normalized spacial score (nSPS) is 23.8. The van der Waals surface area contributed by atoms with E-state index in [1.807, 2.05) is 6.07 Å². The highest BCUT2D eigenvalue weighted by atomic mass is 16.3. The first-order chi connectivity index (χ1) is 10.1. The lowest BCUT2D eigenvalue weighted by molar-refractivity contribution is 0.0764. The Kier molecular flexibility index (Phi) is 4.07. The van der Waals surface area contributed by atoms with Gasteiger partial charge in [-0.15, -0.1) is 0 Å². The van der Waals surface area contributed by atoms with Crippen LogP contribution in [0.5, 0.6) is 0 Å². The van der Waals surface area contributed by atoms with Crippen molar-refractivity contribution in [1.82, 2.24) is 9.47 Å². The van der Waals surface area contributed by atoms with E-state index in [0.717, 1.165) is 11.3 Å². The van der Waals surface area contributed by atoms with Gasteiger partial charge >= 0.3 is 0 Å². The summed E-state index contributed by atoms with van der Waals surface area (Å²) in [5.74, 6) is 0.0849. The molecule has 1 aliphatic heterocycles. The van der Waals surface area contributed by atoms with Crippen LogP contribution >= 0.6 is 0 Å². The van der Waals surface area contributed by atoms with Gasteiger partial charge in [0.15, 0.2) is 0 Å². The van der Waals surface area contributed by atoms with E-state index in [2.05, 4.69) is 18.4 Å². The Balaban J connectivity index is 1.85. The Morgan fingerprint density at radius 1 is 1.19 bits per heavy atom. The highest BCUT2D eigenvalue weighted by Crippen LogP contribution is 2.32. The zero-order valence-electron chi connectivity index (χ0n) is 13.1. The second-order valence-electron chi connectivity index (χ2n) is 6.64. The lowest BCUT2D eigenvalue weighted by Gasteiger charge is -2.26. The molecule has 0 bridgehead atoms. The highest BCUT2D eigenvalue weighted by molar-refractivity contribution is 5.96. The molecule has 21 heavy (non-hydrogen) atoms. The van der Waals surface area contributed by atoms with Crippen molar-refractivity contribution in [1.29, 1.82) is 0 Å². The van der Waals surface area contributed by atoms with E-state index in [1.165, 1.54) is 37.8 Å². The third kappa shape index (κ3) is 2.73. The number of β-amino-alcohol motifs (C(OH)–C–C–N with tert-alkyl or cyclic N) is 1.